The lowest BCUT2D eigenvalue weighted by atomic mass is 10.1. The van der Waals surface area contributed by atoms with Gasteiger partial charge < -0.3 is 9.64 Å². The van der Waals surface area contributed by atoms with Crippen molar-refractivity contribution in [3.05, 3.63) is 53.7 Å². The first-order valence-corrected chi connectivity index (χ1v) is 9.79. The number of alkyl halides is 3. The predicted octanol–water partition coefficient (Wildman–Crippen LogP) is 3.71. The van der Waals surface area contributed by atoms with Gasteiger partial charge in [-0.2, -0.15) is 22.5 Å². The molecule has 156 valence electrons. The molecule has 1 fully saturated rings. The van der Waals surface area contributed by atoms with Crippen LogP contribution in [0.25, 0.3) is 11.5 Å². The molecule has 0 saturated carbocycles. The molecule has 3 heterocycles. The summed E-state index contributed by atoms with van der Waals surface area (Å²) in [7, 11) is 0. The first-order valence-electron chi connectivity index (χ1n) is 9.01. The lowest BCUT2D eigenvalue weighted by Crippen LogP contribution is -2.36. The summed E-state index contributed by atoms with van der Waals surface area (Å²) in [6.07, 6.45) is -2.78. The fraction of sp³-hybridized carbons (Fsp3) is 0.263. The van der Waals surface area contributed by atoms with Gasteiger partial charge >= 0.3 is 6.18 Å². The van der Waals surface area contributed by atoms with Crippen LogP contribution in [0, 0.1) is 0 Å². The molecular weight excluding hydrogens is 419 g/mol. The number of carbonyl (C=O) groups is 1. The molecule has 0 spiro atoms. The number of anilines is 2. The number of carbonyl (C=O) groups excluding carboxylic acids is 1. The minimum absolute atomic E-state index is 0.0900. The van der Waals surface area contributed by atoms with Gasteiger partial charge in [0, 0.05) is 42.1 Å². The number of hydrogen-bond donors (Lipinski definition) is 1. The van der Waals surface area contributed by atoms with Crippen molar-refractivity contribution in [3.63, 3.8) is 0 Å². The van der Waals surface area contributed by atoms with E-state index in [9.17, 15) is 18.0 Å². The van der Waals surface area contributed by atoms with E-state index in [2.05, 4.69) is 24.6 Å². The van der Waals surface area contributed by atoms with Crippen LogP contribution in [0.3, 0.4) is 0 Å². The number of rotatable bonds is 4. The van der Waals surface area contributed by atoms with E-state index >= 15 is 0 Å². The first-order chi connectivity index (χ1) is 14.4. The molecule has 1 saturated heterocycles. The second-order valence-corrected chi connectivity index (χ2v) is 7.20. The van der Waals surface area contributed by atoms with Crippen LogP contribution in [0.5, 0.6) is 0 Å². The Kier molecular flexibility index (Phi) is 5.64. The van der Waals surface area contributed by atoms with Gasteiger partial charge in [0.05, 0.1) is 18.8 Å². The van der Waals surface area contributed by atoms with Crippen LogP contribution in [0.4, 0.5) is 24.0 Å². The van der Waals surface area contributed by atoms with E-state index in [1.165, 1.54) is 0 Å². The zero-order valence-corrected chi connectivity index (χ0v) is 16.3. The maximum atomic E-state index is 12.6. The summed E-state index contributed by atoms with van der Waals surface area (Å²) < 4.78 is 47.5. The van der Waals surface area contributed by atoms with Crippen molar-refractivity contribution < 1.29 is 22.7 Å². The molecule has 2 aromatic heterocycles. The number of aromatic nitrogens is 3. The van der Waals surface area contributed by atoms with Crippen LogP contribution in [0.2, 0.25) is 0 Å². The van der Waals surface area contributed by atoms with E-state index in [-0.39, 0.29) is 10.7 Å². The molecule has 7 nitrogen and oxygen atoms in total. The fourth-order valence-electron chi connectivity index (χ4n) is 2.92. The van der Waals surface area contributed by atoms with E-state index in [1.54, 1.807) is 6.20 Å². The normalized spacial score (nSPS) is 14.6. The molecule has 4 rings (SSSR count). The highest BCUT2D eigenvalue weighted by Crippen LogP contribution is 2.29. The highest BCUT2D eigenvalue weighted by molar-refractivity contribution is 7.10. The Morgan fingerprint density at radius 2 is 1.87 bits per heavy atom. The zero-order chi connectivity index (χ0) is 21.1. The van der Waals surface area contributed by atoms with Gasteiger partial charge in [0.1, 0.15) is 5.69 Å². The average Bonchev–Trinajstić information content (AvgIpc) is 3.22. The van der Waals surface area contributed by atoms with Gasteiger partial charge in [0.2, 0.25) is 5.13 Å². The largest absolute Gasteiger partial charge is 0.416 e. The lowest BCUT2D eigenvalue weighted by Gasteiger charge is -2.28. The summed E-state index contributed by atoms with van der Waals surface area (Å²) in [4.78, 5) is 23.0. The minimum atomic E-state index is -4.45. The third-order valence-corrected chi connectivity index (χ3v) is 5.10. The molecule has 30 heavy (non-hydrogen) atoms. The SMILES string of the molecule is O=C(Nc1nc(-c2cc(N3CCOCC3)ccn2)ns1)c1ccc(C(F)(F)F)cc1. The number of halogens is 3. The predicted molar refractivity (Wildman–Crippen MR) is 106 cm³/mol. The molecule has 1 aliphatic rings. The third kappa shape index (κ3) is 4.57. The number of amides is 1. The van der Waals surface area contributed by atoms with Crippen molar-refractivity contribution >= 4 is 28.3 Å². The molecule has 1 N–H and O–H groups in total. The van der Waals surface area contributed by atoms with Gasteiger partial charge in [-0.15, -0.1) is 0 Å². The van der Waals surface area contributed by atoms with E-state index < -0.39 is 17.6 Å². The van der Waals surface area contributed by atoms with Gasteiger partial charge in [0.25, 0.3) is 5.91 Å². The highest BCUT2D eigenvalue weighted by Gasteiger charge is 2.30. The Morgan fingerprint density at radius 3 is 2.57 bits per heavy atom. The Hall–Kier alpha value is -3.05. The standard InChI is InChI=1S/C19H16F3N5O2S/c20-19(21,22)13-3-1-12(2-4-13)17(28)25-18-24-16(26-30-18)15-11-14(5-6-23-15)27-7-9-29-10-8-27/h1-6,11H,7-10H2,(H,24,25,26,28). The summed E-state index contributed by atoms with van der Waals surface area (Å²) in [6, 6.07) is 7.73. The van der Waals surface area contributed by atoms with Crippen LogP contribution >= 0.6 is 11.5 Å². The van der Waals surface area contributed by atoms with Crippen LogP contribution in [-0.4, -0.2) is 46.6 Å². The third-order valence-electron chi connectivity index (χ3n) is 4.47. The number of nitrogens with zero attached hydrogens (tertiary/aromatic N) is 4. The number of nitrogens with one attached hydrogen (secondary N) is 1. The molecular formula is C19H16F3N5O2S. The quantitative estimate of drug-likeness (QED) is 0.673. The zero-order valence-electron chi connectivity index (χ0n) is 15.5. The molecule has 1 aromatic carbocycles. The summed E-state index contributed by atoms with van der Waals surface area (Å²) in [6.45, 7) is 2.88. The molecule has 1 amide bonds. The van der Waals surface area contributed by atoms with Crippen molar-refractivity contribution in [2.24, 2.45) is 0 Å². The van der Waals surface area contributed by atoms with Crippen LogP contribution in [0.15, 0.2) is 42.6 Å². The summed E-state index contributed by atoms with van der Waals surface area (Å²) in [5.41, 5.74) is 0.814. The second-order valence-electron chi connectivity index (χ2n) is 6.45. The summed E-state index contributed by atoms with van der Waals surface area (Å²) >= 11 is 0.970. The van der Waals surface area contributed by atoms with Crippen LogP contribution < -0.4 is 10.2 Å². The van der Waals surface area contributed by atoms with Crippen LogP contribution in [0.1, 0.15) is 15.9 Å². The maximum absolute atomic E-state index is 12.6. The minimum Gasteiger partial charge on any atom is -0.378 e. The topological polar surface area (TPSA) is 80.2 Å². The average molecular weight is 435 g/mol. The van der Waals surface area contributed by atoms with E-state index in [1.807, 2.05) is 12.1 Å². The summed E-state index contributed by atoms with van der Waals surface area (Å²) in [5.74, 6) is -0.209. The molecule has 0 unspecified atom stereocenters. The van der Waals surface area contributed by atoms with Gasteiger partial charge in [-0.05, 0) is 36.4 Å². The molecule has 11 heteroatoms. The van der Waals surface area contributed by atoms with Crippen molar-refractivity contribution in [2.75, 3.05) is 36.5 Å². The molecule has 0 aliphatic carbocycles. The lowest BCUT2D eigenvalue weighted by molar-refractivity contribution is -0.137. The second kappa shape index (κ2) is 8.36. The smallest absolute Gasteiger partial charge is 0.378 e. The van der Waals surface area contributed by atoms with Gasteiger partial charge in [0.15, 0.2) is 5.82 Å². The van der Waals surface area contributed by atoms with Crippen molar-refractivity contribution in [3.8, 4) is 11.5 Å². The summed E-state index contributed by atoms with van der Waals surface area (Å²) in [5, 5.41) is 2.78. The highest BCUT2D eigenvalue weighted by atomic mass is 32.1. The van der Waals surface area contributed by atoms with E-state index in [4.69, 9.17) is 4.74 Å². The molecule has 3 aromatic rings. The van der Waals surface area contributed by atoms with Gasteiger partial charge in [-0.3, -0.25) is 15.1 Å². The van der Waals surface area contributed by atoms with Crippen LogP contribution in [-0.2, 0) is 10.9 Å². The van der Waals surface area contributed by atoms with E-state index in [0.717, 1.165) is 54.6 Å². The number of benzene rings is 1. The molecule has 1 aliphatic heterocycles. The number of hydrogen-bond acceptors (Lipinski definition) is 7. The number of pyridine rings is 1. The van der Waals surface area contributed by atoms with Crippen molar-refractivity contribution in [1.29, 1.82) is 0 Å². The Balaban J connectivity index is 1.46. The van der Waals surface area contributed by atoms with Crippen molar-refractivity contribution in [2.45, 2.75) is 6.18 Å². The monoisotopic (exact) mass is 435 g/mol. The van der Waals surface area contributed by atoms with Gasteiger partial charge in [-0.1, -0.05) is 0 Å². The molecule has 0 radical (unpaired) electrons. The van der Waals surface area contributed by atoms with E-state index in [0.29, 0.717) is 24.7 Å². The first kappa shape index (κ1) is 20.2. The number of ether oxygens (including phenoxy) is 1. The molecule has 0 atom stereocenters. The van der Waals surface area contributed by atoms with Crippen molar-refractivity contribution in [1.82, 2.24) is 14.3 Å². The Bertz CT molecular complexity index is 1030. The molecule has 0 bridgehead atoms. The Labute approximate surface area is 173 Å². The maximum Gasteiger partial charge on any atom is 0.416 e. The Morgan fingerprint density at radius 1 is 1.13 bits per heavy atom. The fourth-order valence-corrected chi connectivity index (χ4v) is 3.49. The number of morpholine rings is 1. The van der Waals surface area contributed by atoms with Gasteiger partial charge in [-0.25, -0.2) is 0 Å².